The summed E-state index contributed by atoms with van der Waals surface area (Å²) >= 11 is 1.66. The van der Waals surface area contributed by atoms with Gasteiger partial charge >= 0.3 is 0 Å². The van der Waals surface area contributed by atoms with E-state index in [0.29, 0.717) is 12.5 Å². The first-order valence-corrected chi connectivity index (χ1v) is 8.56. The van der Waals surface area contributed by atoms with Gasteiger partial charge in [-0.15, -0.1) is 11.3 Å². The summed E-state index contributed by atoms with van der Waals surface area (Å²) in [6.45, 7) is 7.67. The zero-order valence-corrected chi connectivity index (χ0v) is 14.2. The number of piperidine rings is 1. The van der Waals surface area contributed by atoms with Crippen molar-refractivity contribution in [2.45, 2.75) is 46.1 Å². The van der Waals surface area contributed by atoms with Gasteiger partial charge in [-0.1, -0.05) is 0 Å². The van der Waals surface area contributed by atoms with Gasteiger partial charge in [0.1, 0.15) is 0 Å². The van der Waals surface area contributed by atoms with E-state index in [0.717, 1.165) is 47.1 Å². The highest BCUT2D eigenvalue weighted by Crippen LogP contribution is 2.23. The largest absolute Gasteiger partial charge is 0.340 e. The highest BCUT2D eigenvalue weighted by atomic mass is 32.1. The Morgan fingerprint density at radius 3 is 2.86 bits per heavy atom. The fourth-order valence-electron chi connectivity index (χ4n) is 3.02. The number of aryl methyl sites for hydroxylation is 3. The highest BCUT2D eigenvalue weighted by molar-refractivity contribution is 7.11. The van der Waals surface area contributed by atoms with Gasteiger partial charge in [-0.3, -0.25) is 9.48 Å². The van der Waals surface area contributed by atoms with Crippen molar-refractivity contribution < 1.29 is 4.79 Å². The first-order valence-electron chi connectivity index (χ1n) is 7.74. The predicted octanol–water partition coefficient (Wildman–Crippen LogP) is 2.67. The average molecular weight is 318 g/mol. The minimum Gasteiger partial charge on any atom is -0.340 e. The molecule has 1 saturated heterocycles. The van der Waals surface area contributed by atoms with Crippen molar-refractivity contribution in [2.24, 2.45) is 0 Å². The SMILES string of the molecule is Cc1cnn(C2CCCN(C(=O)Cc3nc(C)sc3C)C2)c1. The van der Waals surface area contributed by atoms with Crippen LogP contribution in [0, 0.1) is 20.8 Å². The molecule has 1 aliphatic rings. The monoisotopic (exact) mass is 318 g/mol. The number of hydrogen-bond acceptors (Lipinski definition) is 4. The third-order valence-corrected chi connectivity index (χ3v) is 5.10. The van der Waals surface area contributed by atoms with Gasteiger partial charge in [0.2, 0.25) is 5.91 Å². The van der Waals surface area contributed by atoms with Crippen LogP contribution < -0.4 is 0 Å². The van der Waals surface area contributed by atoms with E-state index in [4.69, 9.17) is 0 Å². The van der Waals surface area contributed by atoms with Gasteiger partial charge in [-0.2, -0.15) is 5.10 Å². The van der Waals surface area contributed by atoms with E-state index in [9.17, 15) is 4.79 Å². The van der Waals surface area contributed by atoms with Crippen LogP contribution >= 0.6 is 11.3 Å². The number of amides is 1. The number of likely N-dealkylation sites (tertiary alicyclic amines) is 1. The van der Waals surface area contributed by atoms with Crippen molar-refractivity contribution >= 4 is 17.2 Å². The molecule has 0 aliphatic carbocycles. The molecule has 3 rings (SSSR count). The van der Waals surface area contributed by atoms with Crippen LogP contribution in [-0.2, 0) is 11.2 Å². The van der Waals surface area contributed by atoms with E-state index in [-0.39, 0.29) is 5.91 Å². The second-order valence-electron chi connectivity index (χ2n) is 6.05. The molecule has 2 aromatic heterocycles. The summed E-state index contributed by atoms with van der Waals surface area (Å²) in [4.78, 5) is 20.2. The number of aromatic nitrogens is 3. The van der Waals surface area contributed by atoms with Gasteiger partial charge in [0.15, 0.2) is 0 Å². The first kappa shape index (κ1) is 15.2. The second-order valence-corrected chi connectivity index (χ2v) is 7.45. The lowest BCUT2D eigenvalue weighted by atomic mass is 10.1. The molecule has 3 heterocycles. The molecule has 6 heteroatoms. The van der Waals surface area contributed by atoms with Crippen LogP contribution in [-0.4, -0.2) is 38.7 Å². The molecule has 0 bridgehead atoms. The molecule has 1 aliphatic heterocycles. The van der Waals surface area contributed by atoms with Crippen LogP contribution in [0.1, 0.15) is 40.0 Å². The summed E-state index contributed by atoms with van der Waals surface area (Å²) in [6.07, 6.45) is 6.47. The Morgan fingerprint density at radius 2 is 2.23 bits per heavy atom. The molecule has 5 nitrogen and oxygen atoms in total. The Bertz CT molecular complexity index is 675. The number of carbonyl (C=O) groups excluding carboxylic acids is 1. The predicted molar refractivity (Wildman–Crippen MR) is 87.1 cm³/mol. The van der Waals surface area contributed by atoms with Crippen molar-refractivity contribution in [1.29, 1.82) is 0 Å². The standard InChI is InChI=1S/C16H22N4OS/c1-11-8-17-20(9-11)14-5-4-6-19(10-14)16(21)7-15-12(2)22-13(3)18-15/h8-9,14H,4-7,10H2,1-3H3. The lowest BCUT2D eigenvalue weighted by molar-refractivity contribution is -0.132. The molecule has 118 valence electrons. The number of hydrogen-bond donors (Lipinski definition) is 0. The molecule has 1 amide bonds. The van der Waals surface area contributed by atoms with Gasteiger partial charge in [-0.05, 0) is 39.2 Å². The van der Waals surface area contributed by atoms with Crippen molar-refractivity contribution in [2.75, 3.05) is 13.1 Å². The minimum atomic E-state index is 0.182. The van der Waals surface area contributed by atoms with E-state index in [2.05, 4.69) is 16.3 Å². The van der Waals surface area contributed by atoms with Crippen LogP contribution in [0.15, 0.2) is 12.4 Å². The normalized spacial score (nSPS) is 18.7. The Hall–Kier alpha value is -1.69. The molecule has 0 aromatic carbocycles. The zero-order valence-electron chi connectivity index (χ0n) is 13.4. The molecule has 1 atom stereocenters. The van der Waals surface area contributed by atoms with Crippen LogP contribution in [0.25, 0.3) is 0 Å². The summed E-state index contributed by atoms with van der Waals surface area (Å²) in [5.41, 5.74) is 2.10. The molecule has 22 heavy (non-hydrogen) atoms. The molecular weight excluding hydrogens is 296 g/mol. The summed E-state index contributed by atoms with van der Waals surface area (Å²) < 4.78 is 2.01. The zero-order chi connectivity index (χ0) is 15.7. The molecule has 1 unspecified atom stereocenters. The summed E-state index contributed by atoms with van der Waals surface area (Å²) in [5, 5.41) is 5.43. The Labute approximate surface area is 135 Å². The van der Waals surface area contributed by atoms with Crippen molar-refractivity contribution in [3.05, 3.63) is 33.5 Å². The topological polar surface area (TPSA) is 51.0 Å². The van der Waals surface area contributed by atoms with Crippen LogP contribution in [0.2, 0.25) is 0 Å². The van der Waals surface area contributed by atoms with Gasteiger partial charge in [0.05, 0.1) is 29.4 Å². The van der Waals surface area contributed by atoms with Crippen LogP contribution in [0.4, 0.5) is 0 Å². The average Bonchev–Trinajstić information content (AvgIpc) is 3.05. The Kier molecular flexibility index (Phi) is 4.29. The van der Waals surface area contributed by atoms with Gasteiger partial charge < -0.3 is 4.90 Å². The van der Waals surface area contributed by atoms with E-state index >= 15 is 0 Å². The summed E-state index contributed by atoms with van der Waals surface area (Å²) in [6, 6.07) is 0.296. The maximum absolute atomic E-state index is 12.6. The third-order valence-electron chi connectivity index (χ3n) is 4.17. The Morgan fingerprint density at radius 1 is 1.41 bits per heavy atom. The molecule has 0 saturated carbocycles. The molecule has 0 radical (unpaired) electrons. The smallest absolute Gasteiger partial charge is 0.228 e. The molecule has 0 spiro atoms. The maximum Gasteiger partial charge on any atom is 0.228 e. The quantitative estimate of drug-likeness (QED) is 0.874. The Balaban J connectivity index is 1.66. The fraction of sp³-hybridized carbons (Fsp3) is 0.562. The molecule has 1 fully saturated rings. The lowest BCUT2D eigenvalue weighted by Crippen LogP contribution is -2.41. The lowest BCUT2D eigenvalue weighted by Gasteiger charge is -2.33. The van der Waals surface area contributed by atoms with E-state index in [1.54, 1.807) is 11.3 Å². The van der Waals surface area contributed by atoms with Crippen LogP contribution in [0.5, 0.6) is 0 Å². The fourth-order valence-corrected chi connectivity index (χ4v) is 3.86. The number of nitrogens with zero attached hydrogens (tertiary/aromatic N) is 4. The first-order chi connectivity index (χ1) is 10.5. The number of carbonyl (C=O) groups is 1. The second kappa shape index (κ2) is 6.20. The van der Waals surface area contributed by atoms with Crippen molar-refractivity contribution in [3.63, 3.8) is 0 Å². The highest BCUT2D eigenvalue weighted by Gasteiger charge is 2.26. The minimum absolute atomic E-state index is 0.182. The van der Waals surface area contributed by atoms with Crippen molar-refractivity contribution in [1.82, 2.24) is 19.7 Å². The van der Waals surface area contributed by atoms with Crippen LogP contribution in [0.3, 0.4) is 0 Å². The third kappa shape index (κ3) is 3.21. The van der Waals surface area contributed by atoms with E-state index in [1.165, 1.54) is 0 Å². The van der Waals surface area contributed by atoms with E-state index in [1.807, 2.05) is 36.5 Å². The molecular formula is C16H22N4OS. The van der Waals surface area contributed by atoms with Gasteiger partial charge in [0, 0.05) is 24.2 Å². The molecule has 0 N–H and O–H groups in total. The van der Waals surface area contributed by atoms with Crippen molar-refractivity contribution in [3.8, 4) is 0 Å². The van der Waals surface area contributed by atoms with Gasteiger partial charge in [-0.25, -0.2) is 4.98 Å². The number of thiazole rings is 1. The summed E-state index contributed by atoms with van der Waals surface area (Å²) in [7, 11) is 0. The van der Waals surface area contributed by atoms with E-state index < -0.39 is 0 Å². The summed E-state index contributed by atoms with van der Waals surface area (Å²) in [5.74, 6) is 0.182. The van der Waals surface area contributed by atoms with Gasteiger partial charge in [0.25, 0.3) is 0 Å². The number of rotatable bonds is 3. The molecule has 2 aromatic rings. The maximum atomic E-state index is 12.6.